The number of fused-ring (bicyclic) bond motifs is 3. The van der Waals surface area contributed by atoms with Crippen molar-refractivity contribution in [2.45, 2.75) is 115 Å². The van der Waals surface area contributed by atoms with Gasteiger partial charge in [-0.25, -0.2) is 0 Å². The molecule has 0 aromatic carbocycles. The van der Waals surface area contributed by atoms with Crippen LogP contribution in [0.2, 0.25) is 0 Å². The number of nitrogens with zero attached hydrogens (tertiary/aromatic N) is 1. The summed E-state index contributed by atoms with van der Waals surface area (Å²) in [4.78, 5) is 2.99. The van der Waals surface area contributed by atoms with E-state index in [9.17, 15) is 0 Å². The van der Waals surface area contributed by atoms with Crippen LogP contribution < -0.4 is 0 Å². The summed E-state index contributed by atoms with van der Waals surface area (Å²) < 4.78 is 0. The Morgan fingerprint density at radius 2 is 0.909 bits per heavy atom. The van der Waals surface area contributed by atoms with E-state index in [0.29, 0.717) is 0 Å². The largest absolute Gasteiger partial charge is 0.297 e. The second kappa shape index (κ2) is 8.71. The molecule has 0 aromatic rings. The summed E-state index contributed by atoms with van der Waals surface area (Å²) in [6, 6.07) is 1.89. The maximum atomic E-state index is 2.99. The van der Waals surface area contributed by atoms with Crippen LogP contribution >= 0.6 is 0 Å². The van der Waals surface area contributed by atoms with Crippen molar-refractivity contribution in [2.24, 2.45) is 11.8 Å². The van der Waals surface area contributed by atoms with Crippen molar-refractivity contribution < 1.29 is 0 Å². The van der Waals surface area contributed by atoms with Gasteiger partial charge < -0.3 is 0 Å². The molecular formula is C21H39N. The molecule has 22 heavy (non-hydrogen) atoms. The molecule has 3 rings (SSSR count). The Kier molecular flexibility index (Phi) is 6.65. The highest BCUT2D eigenvalue weighted by Crippen LogP contribution is 2.45. The van der Waals surface area contributed by atoms with Crippen molar-refractivity contribution in [3.63, 3.8) is 0 Å². The fourth-order valence-electron chi connectivity index (χ4n) is 6.05. The molecule has 3 aliphatic rings. The summed E-state index contributed by atoms with van der Waals surface area (Å²) >= 11 is 0. The molecule has 0 aromatic heterocycles. The highest BCUT2D eigenvalue weighted by atomic mass is 15.2. The zero-order chi connectivity index (χ0) is 15.2. The lowest BCUT2D eigenvalue weighted by Gasteiger charge is -2.31. The first kappa shape index (κ1) is 16.8. The lowest BCUT2D eigenvalue weighted by molar-refractivity contribution is 0.161. The fourth-order valence-corrected chi connectivity index (χ4v) is 6.05. The molecule has 1 saturated heterocycles. The molecular weight excluding hydrogens is 266 g/mol. The van der Waals surface area contributed by atoms with Crippen molar-refractivity contribution in [3.05, 3.63) is 0 Å². The Morgan fingerprint density at radius 1 is 0.545 bits per heavy atom. The van der Waals surface area contributed by atoms with Gasteiger partial charge >= 0.3 is 0 Å². The van der Waals surface area contributed by atoms with E-state index in [4.69, 9.17) is 0 Å². The Morgan fingerprint density at radius 3 is 1.32 bits per heavy atom. The highest BCUT2D eigenvalue weighted by Gasteiger charge is 2.46. The molecule has 0 radical (unpaired) electrons. The molecule has 3 unspecified atom stereocenters. The molecule has 0 N–H and O–H groups in total. The van der Waals surface area contributed by atoms with Gasteiger partial charge in [-0.1, -0.05) is 77.6 Å². The number of likely N-dealkylation sites (tertiary alicyclic amines) is 1. The molecule has 128 valence electrons. The Balaban J connectivity index is 1.76. The van der Waals surface area contributed by atoms with Crippen molar-refractivity contribution in [3.8, 4) is 0 Å². The Bertz CT molecular complexity index is 313. The van der Waals surface area contributed by atoms with E-state index in [1.165, 1.54) is 90.0 Å². The van der Waals surface area contributed by atoms with Crippen LogP contribution in [-0.4, -0.2) is 23.5 Å². The summed E-state index contributed by atoms with van der Waals surface area (Å²) in [6.07, 6.45) is 22.6. The van der Waals surface area contributed by atoms with Gasteiger partial charge in [-0.3, -0.25) is 4.90 Å². The van der Waals surface area contributed by atoms with Crippen LogP contribution in [0.5, 0.6) is 0 Å². The van der Waals surface area contributed by atoms with E-state index < -0.39 is 0 Å². The molecule has 2 saturated carbocycles. The predicted octanol–water partition coefficient (Wildman–Crippen LogP) is 6.17. The Labute approximate surface area is 139 Å². The van der Waals surface area contributed by atoms with Crippen LogP contribution in [0.1, 0.15) is 103 Å². The van der Waals surface area contributed by atoms with E-state index in [1.54, 1.807) is 12.8 Å². The number of hydrogen-bond acceptors (Lipinski definition) is 1. The minimum absolute atomic E-state index is 0.942. The molecule has 1 nitrogen and oxygen atoms in total. The zero-order valence-corrected chi connectivity index (χ0v) is 15.1. The second-order valence-corrected chi connectivity index (χ2v) is 8.34. The van der Waals surface area contributed by atoms with Crippen molar-refractivity contribution in [1.29, 1.82) is 0 Å². The van der Waals surface area contributed by atoms with Crippen LogP contribution in [0.25, 0.3) is 0 Å². The van der Waals surface area contributed by atoms with Gasteiger partial charge in [-0.05, 0) is 44.1 Å². The van der Waals surface area contributed by atoms with Gasteiger partial charge in [0.15, 0.2) is 0 Å². The molecule has 3 fully saturated rings. The topological polar surface area (TPSA) is 3.24 Å². The normalized spacial score (nSPS) is 39.1. The highest BCUT2D eigenvalue weighted by molar-refractivity contribution is 4.99. The van der Waals surface area contributed by atoms with Gasteiger partial charge in [-0.15, -0.1) is 0 Å². The quantitative estimate of drug-likeness (QED) is 0.560. The van der Waals surface area contributed by atoms with Crippen molar-refractivity contribution in [2.75, 3.05) is 6.54 Å². The second-order valence-electron chi connectivity index (χ2n) is 8.34. The van der Waals surface area contributed by atoms with E-state index in [2.05, 4.69) is 11.8 Å². The first-order valence-corrected chi connectivity index (χ1v) is 10.7. The smallest absolute Gasteiger partial charge is 0.0130 e. The predicted molar refractivity (Wildman–Crippen MR) is 96.2 cm³/mol. The maximum absolute atomic E-state index is 2.99. The minimum atomic E-state index is 0.942. The molecule has 2 aliphatic carbocycles. The van der Waals surface area contributed by atoms with Gasteiger partial charge in [0.25, 0.3) is 0 Å². The third-order valence-electron chi connectivity index (χ3n) is 7.08. The summed E-state index contributed by atoms with van der Waals surface area (Å²) in [5.74, 6) is 2.09. The molecule has 1 heterocycles. The van der Waals surface area contributed by atoms with Gasteiger partial charge in [-0.2, -0.15) is 0 Å². The van der Waals surface area contributed by atoms with Gasteiger partial charge in [0, 0.05) is 12.1 Å². The third kappa shape index (κ3) is 3.89. The van der Waals surface area contributed by atoms with Crippen molar-refractivity contribution >= 4 is 0 Å². The van der Waals surface area contributed by atoms with Gasteiger partial charge in [0.05, 0.1) is 0 Å². The SMILES string of the molecule is CCN1C2CCCCCCCC2C2CCCCCCCC[C@@H]21. The molecule has 4 atom stereocenters. The summed E-state index contributed by atoms with van der Waals surface area (Å²) in [5, 5.41) is 0. The molecule has 0 spiro atoms. The Hall–Kier alpha value is -0.0400. The lowest BCUT2D eigenvalue weighted by atomic mass is 9.78. The van der Waals surface area contributed by atoms with Crippen LogP contribution in [0.15, 0.2) is 0 Å². The van der Waals surface area contributed by atoms with Crippen molar-refractivity contribution in [1.82, 2.24) is 4.90 Å². The summed E-state index contributed by atoms with van der Waals surface area (Å²) in [5.41, 5.74) is 0. The number of rotatable bonds is 1. The summed E-state index contributed by atoms with van der Waals surface area (Å²) in [6.45, 7) is 3.74. The van der Waals surface area contributed by atoms with Gasteiger partial charge in [0.1, 0.15) is 0 Å². The average Bonchev–Trinajstić information content (AvgIpc) is 2.87. The van der Waals surface area contributed by atoms with E-state index >= 15 is 0 Å². The zero-order valence-electron chi connectivity index (χ0n) is 15.1. The first-order valence-electron chi connectivity index (χ1n) is 10.7. The van der Waals surface area contributed by atoms with Gasteiger partial charge in [0.2, 0.25) is 0 Å². The minimum Gasteiger partial charge on any atom is -0.297 e. The third-order valence-corrected chi connectivity index (χ3v) is 7.08. The fraction of sp³-hybridized carbons (Fsp3) is 1.00. The first-order chi connectivity index (χ1) is 10.9. The van der Waals surface area contributed by atoms with E-state index in [1.807, 2.05) is 0 Å². The molecule has 0 bridgehead atoms. The van der Waals surface area contributed by atoms with E-state index in [0.717, 1.165) is 23.9 Å². The lowest BCUT2D eigenvalue weighted by Crippen LogP contribution is -2.38. The average molecular weight is 306 g/mol. The monoisotopic (exact) mass is 305 g/mol. The van der Waals surface area contributed by atoms with Crippen LogP contribution in [-0.2, 0) is 0 Å². The maximum Gasteiger partial charge on any atom is 0.0130 e. The van der Waals surface area contributed by atoms with Crippen LogP contribution in [0.3, 0.4) is 0 Å². The molecule has 1 heteroatoms. The molecule has 0 amide bonds. The number of hydrogen-bond donors (Lipinski definition) is 0. The standard InChI is InChI=1S/C21H39N/c1-2-22-20-16-12-8-4-3-6-10-14-18(20)19-15-11-7-5-9-13-17-21(19)22/h18-21H,2-17H2,1H3/t18?,19?,20-,21?/m0/s1. The van der Waals surface area contributed by atoms with Crippen LogP contribution in [0, 0.1) is 11.8 Å². The molecule has 1 aliphatic heterocycles. The van der Waals surface area contributed by atoms with Crippen LogP contribution in [0.4, 0.5) is 0 Å². The van der Waals surface area contributed by atoms with E-state index in [-0.39, 0.29) is 0 Å². The summed E-state index contributed by atoms with van der Waals surface area (Å²) in [7, 11) is 0.